The van der Waals surface area contributed by atoms with Crippen LogP contribution in [0.1, 0.15) is 45.0 Å². The van der Waals surface area contributed by atoms with Crippen molar-refractivity contribution < 1.29 is 19.1 Å². The molecule has 1 aromatic carbocycles. The van der Waals surface area contributed by atoms with Crippen molar-refractivity contribution in [1.29, 1.82) is 0 Å². The molecule has 1 fully saturated rings. The molecule has 0 bridgehead atoms. The number of carbonyl (C=O) groups excluding carboxylic acids is 2. The number of anilines is 1. The molecule has 1 unspecified atom stereocenters. The minimum absolute atomic E-state index is 0.0428. The van der Waals surface area contributed by atoms with Crippen molar-refractivity contribution in [2.24, 2.45) is 0 Å². The number of amides is 1. The summed E-state index contributed by atoms with van der Waals surface area (Å²) in [6.45, 7) is 10.9. The highest BCUT2D eigenvalue weighted by Crippen LogP contribution is 2.31. The summed E-state index contributed by atoms with van der Waals surface area (Å²) in [5.74, 6) is -0.446. The van der Waals surface area contributed by atoms with Crippen LogP contribution in [0.15, 0.2) is 24.4 Å². The van der Waals surface area contributed by atoms with Gasteiger partial charge < -0.3 is 14.4 Å². The van der Waals surface area contributed by atoms with E-state index < -0.39 is 11.6 Å². The number of benzene rings is 1. The van der Waals surface area contributed by atoms with Crippen LogP contribution >= 0.6 is 0 Å². The molecule has 3 rings (SSSR count). The number of carbonyl (C=O) groups is 2. The third-order valence-corrected chi connectivity index (χ3v) is 4.93. The lowest BCUT2D eigenvalue weighted by Crippen LogP contribution is -2.59. The molecule has 1 aromatic heterocycles. The summed E-state index contributed by atoms with van der Waals surface area (Å²) in [7, 11) is 1.34. The average molecular weight is 400 g/mol. The van der Waals surface area contributed by atoms with E-state index >= 15 is 0 Å². The summed E-state index contributed by atoms with van der Waals surface area (Å²) >= 11 is 0. The van der Waals surface area contributed by atoms with Crippen LogP contribution in [0.2, 0.25) is 0 Å². The van der Waals surface area contributed by atoms with Crippen LogP contribution in [0.3, 0.4) is 0 Å². The predicted molar refractivity (Wildman–Crippen MR) is 110 cm³/mol. The summed E-state index contributed by atoms with van der Waals surface area (Å²) in [6, 6.07) is 5.38. The Morgan fingerprint density at radius 1 is 1.10 bits per heavy atom. The molecule has 0 saturated carbocycles. The van der Waals surface area contributed by atoms with E-state index in [1.54, 1.807) is 17.2 Å². The number of aromatic nitrogens is 2. The summed E-state index contributed by atoms with van der Waals surface area (Å²) in [5, 5.41) is 8.92. The van der Waals surface area contributed by atoms with Gasteiger partial charge in [0.15, 0.2) is 0 Å². The van der Waals surface area contributed by atoms with E-state index in [0.29, 0.717) is 24.2 Å². The molecular formula is C21H28N4O4. The molecule has 1 aliphatic heterocycles. The normalized spacial score (nSPS) is 19.9. The summed E-state index contributed by atoms with van der Waals surface area (Å²) in [5.41, 5.74) is 1.30. The van der Waals surface area contributed by atoms with Crippen LogP contribution in [0.4, 0.5) is 10.5 Å². The van der Waals surface area contributed by atoms with Crippen LogP contribution in [-0.2, 0) is 9.47 Å². The first-order valence-electron chi connectivity index (χ1n) is 9.71. The Labute approximate surface area is 170 Å². The third-order valence-electron chi connectivity index (χ3n) is 4.93. The maximum Gasteiger partial charge on any atom is 0.410 e. The molecule has 8 nitrogen and oxygen atoms in total. The number of nitrogens with zero attached hydrogens (tertiary/aromatic N) is 4. The first kappa shape index (κ1) is 20.8. The zero-order valence-corrected chi connectivity index (χ0v) is 17.8. The van der Waals surface area contributed by atoms with Gasteiger partial charge in [-0.05, 0) is 52.8 Å². The molecule has 0 aliphatic carbocycles. The number of methoxy groups -OCH3 is 1. The smallest absolute Gasteiger partial charge is 0.410 e. The van der Waals surface area contributed by atoms with Gasteiger partial charge in [0.05, 0.1) is 31.0 Å². The molecule has 156 valence electrons. The molecule has 29 heavy (non-hydrogen) atoms. The number of fused-ring (bicyclic) bond motifs is 1. The third kappa shape index (κ3) is 4.26. The van der Waals surface area contributed by atoms with Gasteiger partial charge in [-0.1, -0.05) is 0 Å². The first-order valence-corrected chi connectivity index (χ1v) is 9.71. The lowest BCUT2D eigenvalue weighted by Gasteiger charge is -2.45. The molecule has 1 aliphatic rings. The second-order valence-corrected chi connectivity index (χ2v) is 8.41. The monoisotopic (exact) mass is 400 g/mol. The van der Waals surface area contributed by atoms with Crippen molar-refractivity contribution in [3.63, 3.8) is 0 Å². The van der Waals surface area contributed by atoms with Gasteiger partial charge in [0.1, 0.15) is 11.1 Å². The molecule has 0 spiro atoms. The molecule has 0 radical (unpaired) electrons. The second-order valence-electron chi connectivity index (χ2n) is 8.41. The van der Waals surface area contributed by atoms with E-state index in [2.05, 4.69) is 15.1 Å². The Hall–Kier alpha value is -2.90. The fourth-order valence-corrected chi connectivity index (χ4v) is 3.81. The zero-order valence-electron chi connectivity index (χ0n) is 17.8. The van der Waals surface area contributed by atoms with E-state index in [1.807, 2.05) is 46.8 Å². The van der Waals surface area contributed by atoms with E-state index in [4.69, 9.17) is 9.47 Å². The van der Waals surface area contributed by atoms with Crippen molar-refractivity contribution in [3.05, 3.63) is 30.0 Å². The van der Waals surface area contributed by atoms with Gasteiger partial charge >= 0.3 is 12.1 Å². The Morgan fingerprint density at radius 3 is 2.34 bits per heavy atom. The highest BCUT2D eigenvalue weighted by molar-refractivity contribution is 6.06. The number of esters is 1. The highest BCUT2D eigenvalue weighted by Gasteiger charge is 2.36. The van der Waals surface area contributed by atoms with E-state index in [0.717, 1.165) is 11.1 Å². The van der Waals surface area contributed by atoms with Crippen molar-refractivity contribution in [3.8, 4) is 0 Å². The van der Waals surface area contributed by atoms with E-state index in [-0.39, 0.29) is 18.2 Å². The van der Waals surface area contributed by atoms with Crippen molar-refractivity contribution in [2.45, 2.75) is 52.3 Å². The molecule has 1 amide bonds. The maximum atomic E-state index is 12.7. The number of rotatable bonds is 2. The fourth-order valence-electron chi connectivity index (χ4n) is 3.81. The minimum Gasteiger partial charge on any atom is -0.465 e. The molecule has 0 N–H and O–H groups in total. The molecular weight excluding hydrogens is 372 g/mol. The van der Waals surface area contributed by atoms with Gasteiger partial charge in [0, 0.05) is 24.2 Å². The number of piperazine rings is 1. The van der Waals surface area contributed by atoms with Crippen LogP contribution in [-0.4, -0.2) is 65.0 Å². The Morgan fingerprint density at radius 2 is 1.76 bits per heavy atom. The lowest BCUT2D eigenvalue weighted by atomic mass is 10.0. The van der Waals surface area contributed by atoms with Crippen LogP contribution in [0.25, 0.3) is 10.9 Å². The number of hydrogen-bond donors (Lipinski definition) is 0. The maximum absolute atomic E-state index is 12.7. The quantitative estimate of drug-likeness (QED) is 0.715. The SMILES string of the molecule is COC(=O)c1ccc(N2CC(C)N(C(=O)OC(C)(C)C)[C@@H](C)C2)c2ccnnc12. The second kappa shape index (κ2) is 7.85. The average Bonchev–Trinajstić information content (AvgIpc) is 2.64. The molecule has 2 atom stereocenters. The van der Waals surface area contributed by atoms with Gasteiger partial charge in [-0.15, -0.1) is 5.10 Å². The highest BCUT2D eigenvalue weighted by atomic mass is 16.6. The predicted octanol–water partition coefficient (Wildman–Crippen LogP) is 3.25. The van der Waals surface area contributed by atoms with Gasteiger partial charge in [-0.3, -0.25) is 4.90 Å². The van der Waals surface area contributed by atoms with Gasteiger partial charge in [-0.2, -0.15) is 5.10 Å². The topological polar surface area (TPSA) is 84.9 Å². The Bertz CT molecular complexity index is 913. The number of ether oxygens (including phenoxy) is 2. The molecule has 2 heterocycles. The van der Waals surface area contributed by atoms with Crippen LogP contribution in [0.5, 0.6) is 0 Å². The van der Waals surface area contributed by atoms with Gasteiger partial charge in [0.25, 0.3) is 0 Å². The Kier molecular flexibility index (Phi) is 5.64. The first-order chi connectivity index (χ1) is 13.6. The fraction of sp³-hybridized carbons (Fsp3) is 0.524. The van der Waals surface area contributed by atoms with E-state index in [1.165, 1.54) is 7.11 Å². The van der Waals surface area contributed by atoms with Gasteiger partial charge in [-0.25, -0.2) is 9.59 Å². The molecule has 1 saturated heterocycles. The molecule has 2 aromatic rings. The van der Waals surface area contributed by atoms with Crippen molar-refractivity contribution in [1.82, 2.24) is 15.1 Å². The summed E-state index contributed by atoms with van der Waals surface area (Å²) in [4.78, 5) is 28.8. The number of hydrogen-bond acceptors (Lipinski definition) is 7. The standard InChI is InChI=1S/C21H28N4O4/c1-13-11-24(12-14(2)25(13)20(27)29-21(3,4)5)17-8-7-16(19(26)28-6)18-15(17)9-10-22-23-18/h7-10,13-14H,11-12H2,1-6H3/t13-,14?/m0/s1. The zero-order chi connectivity index (χ0) is 21.3. The van der Waals surface area contributed by atoms with Gasteiger partial charge in [0.2, 0.25) is 0 Å². The largest absolute Gasteiger partial charge is 0.465 e. The lowest BCUT2D eigenvalue weighted by molar-refractivity contribution is 0.00566. The molecule has 8 heteroatoms. The van der Waals surface area contributed by atoms with Crippen molar-refractivity contribution >= 4 is 28.7 Å². The van der Waals surface area contributed by atoms with Crippen LogP contribution in [0, 0.1) is 0 Å². The van der Waals surface area contributed by atoms with Crippen LogP contribution < -0.4 is 4.90 Å². The minimum atomic E-state index is -0.535. The Balaban J connectivity index is 1.91. The van der Waals surface area contributed by atoms with Crippen molar-refractivity contribution in [2.75, 3.05) is 25.1 Å². The summed E-state index contributed by atoms with van der Waals surface area (Å²) in [6.07, 6.45) is 1.31. The summed E-state index contributed by atoms with van der Waals surface area (Å²) < 4.78 is 10.4. The van der Waals surface area contributed by atoms with E-state index in [9.17, 15) is 9.59 Å².